The van der Waals surface area contributed by atoms with Gasteiger partial charge < -0.3 is 4.74 Å². The van der Waals surface area contributed by atoms with Crippen LogP contribution in [0.5, 0.6) is 0 Å². The Labute approximate surface area is 162 Å². The molecule has 0 radical (unpaired) electrons. The van der Waals surface area contributed by atoms with Crippen molar-refractivity contribution in [3.63, 3.8) is 0 Å². The molecule has 0 fully saturated rings. The molecule has 0 rings (SSSR count). The molecule has 0 aromatic heterocycles. The highest BCUT2D eigenvalue weighted by molar-refractivity contribution is 5.89. The lowest BCUT2D eigenvalue weighted by Crippen LogP contribution is -2.09. The second-order valence-electron chi connectivity index (χ2n) is 7.33. The fourth-order valence-corrected chi connectivity index (χ4v) is 2.86. The van der Waals surface area contributed by atoms with E-state index >= 15 is 0 Å². The Morgan fingerprint density at radius 3 is 1.73 bits per heavy atom. The molecular formula is C24H40O2. The number of allylic oxidation sites excluding steroid dienone is 7. The van der Waals surface area contributed by atoms with Crippen molar-refractivity contribution in [3.8, 4) is 0 Å². The molecule has 26 heavy (non-hydrogen) atoms. The second-order valence-corrected chi connectivity index (χ2v) is 7.33. The van der Waals surface area contributed by atoms with Gasteiger partial charge in [0.05, 0.1) is 6.61 Å². The average molecular weight is 361 g/mol. The summed E-state index contributed by atoms with van der Waals surface area (Å²) in [6, 6.07) is 0. The van der Waals surface area contributed by atoms with Gasteiger partial charge in [-0.1, -0.05) is 47.4 Å². The molecule has 0 bridgehead atoms. The smallest absolute Gasteiger partial charge is 0.333 e. The van der Waals surface area contributed by atoms with Crippen molar-refractivity contribution >= 4 is 5.97 Å². The summed E-state index contributed by atoms with van der Waals surface area (Å²) in [7, 11) is 0. The van der Waals surface area contributed by atoms with Crippen LogP contribution < -0.4 is 0 Å². The number of hydrogen-bond acceptors (Lipinski definition) is 2. The minimum Gasteiger partial charge on any atom is -0.463 e. The topological polar surface area (TPSA) is 26.3 Å². The van der Waals surface area contributed by atoms with E-state index in [2.05, 4.69) is 52.8 Å². The van der Waals surface area contributed by atoms with Crippen molar-refractivity contribution in [2.75, 3.05) is 6.61 Å². The summed E-state index contributed by atoms with van der Waals surface area (Å²) in [6.45, 7) is 15.1. The summed E-state index contributed by atoms with van der Waals surface area (Å²) < 4.78 is 5.14. The third kappa shape index (κ3) is 11.9. The summed E-state index contributed by atoms with van der Waals surface area (Å²) in [5.41, 5.74) is 6.31. The molecule has 0 atom stereocenters. The summed E-state index contributed by atoms with van der Waals surface area (Å²) in [5, 5.41) is 0. The molecule has 0 aromatic carbocycles. The van der Waals surface area contributed by atoms with Crippen molar-refractivity contribution in [2.45, 2.75) is 93.4 Å². The summed E-state index contributed by atoms with van der Waals surface area (Å²) in [5.74, 6) is -0.151. The van der Waals surface area contributed by atoms with E-state index < -0.39 is 0 Å². The standard InChI is InChI=1S/C24H40O2/c1-8-23(24(25)26-9-2)22(7)18-12-17-21(6)16-11-15-20(5)14-10-13-19(3)4/h13,15,17H,8-12,14,16,18H2,1-7H3/b20-15+,21-17+,23-22+. The summed E-state index contributed by atoms with van der Waals surface area (Å²) >= 11 is 0. The fourth-order valence-electron chi connectivity index (χ4n) is 2.86. The van der Waals surface area contributed by atoms with E-state index in [9.17, 15) is 4.79 Å². The first-order valence-corrected chi connectivity index (χ1v) is 10.1. The van der Waals surface area contributed by atoms with Gasteiger partial charge in [-0.05, 0) is 86.5 Å². The van der Waals surface area contributed by atoms with E-state index in [-0.39, 0.29) is 5.97 Å². The van der Waals surface area contributed by atoms with E-state index in [4.69, 9.17) is 4.74 Å². The van der Waals surface area contributed by atoms with E-state index in [1.165, 1.54) is 16.7 Å². The largest absolute Gasteiger partial charge is 0.463 e. The number of ether oxygens (including phenoxy) is 1. The van der Waals surface area contributed by atoms with Gasteiger partial charge in [-0.15, -0.1) is 0 Å². The zero-order valence-electron chi connectivity index (χ0n) is 18.2. The second kappa shape index (κ2) is 14.6. The Bertz CT molecular complexity index is 541. The molecule has 0 amide bonds. The molecule has 0 saturated carbocycles. The maximum absolute atomic E-state index is 11.9. The highest BCUT2D eigenvalue weighted by atomic mass is 16.5. The molecule has 0 saturated heterocycles. The van der Waals surface area contributed by atoms with Crippen LogP contribution in [-0.2, 0) is 9.53 Å². The van der Waals surface area contributed by atoms with Gasteiger partial charge in [-0.3, -0.25) is 0 Å². The van der Waals surface area contributed by atoms with Gasteiger partial charge in [0.2, 0.25) is 0 Å². The number of hydrogen-bond donors (Lipinski definition) is 0. The van der Waals surface area contributed by atoms with Crippen molar-refractivity contribution in [3.05, 3.63) is 46.1 Å². The van der Waals surface area contributed by atoms with Gasteiger partial charge >= 0.3 is 5.97 Å². The predicted octanol–water partition coefficient (Wildman–Crippen LogP) is 7.48. The minimum atomic E-state index is -0.151. The van der Waals surface area contributed by atoms with Crippen LogP contribution in [0.4, 0.5) is 0 Å². The molecular weight excluding hydrogens is 320 g/mol. The Kier molecular flexibility index (Phi) is 13.7. The third-order valence-electron chi connectivity index (χ3n) is 4.53. The number of carbonyl (C=O) groups is 1. The van der Waals surface area contributed by atoms with Crippen LogP contribution in [0.1, 0.15) is 93.4 Å². The van der Waals surface area contributed by atoms with Gasteiger partial charge in [-0.25, -0.2) is 4.79 Å². The van der Waals surface area contributed by atoms with E-state index in [0.29, 0.717) is 6.61 Å². The lowest BCUT2D eigenvalue weighted by molar-refractivity contribution is -0.138. The number of rotatable bonds is 12. The molecule has 0 heterocycles. The summed E-state index contributed by atoms with van der Waals surface area (Å²) in [4.78, 5) is 11.9. The molecule has 0 aliphatic rings. The van der Waals surface area contributed by atoms with E-state index in [1.807, 2.05) is 13.8 Å². The molecule has 2 nitrogen and oxygen atoms in total. The van der Waals surface area contributed by atoms with Crippen LogP contribution in [0.25, 0.3) is 0 Å². The van der Waals surface area contributed by atoms with Crippen molar-refractivity contribution in [2.24, 2.45) is 0 Å². The monoisotopic (exact) mass is 360 g/mol. The molecule has 0 aliphatic carbocycles. The van der Waals surface area contributed by atoms with Crippen molar-refractivity contribution in [1.82, 2.24) is 0 Å². The van der Waals surface area contributed by atoms with Gasteiger partial charge in [0.15, 0.2) is 0 Å². The average Bonchev–Trinajstić information content (AvgIpc) is 2.55. The van der Waals surface area contributed by atoms with E-state index in [1.54, 1.807) is 0 Å². The lowest BCUT2D eigenvalue weighted by Gasteiger charge is -2.09. The zero-order valence-corrected chi connectivity index (χ0v) is 18.2. The lowest BCUT2D eigenvalue weighted by atomic mass is 10.0. The van der Waals surface area contributed by atoms with Crippen LogP contribution in [0.15, 0.2) is 46.1 Å². The van der Waals surface area contributed by atoms with Crippen LogP contribution in [0, 0.1) is 0 Å². The van der Waals surface area contributed by atoms with Crippen molar-refractivity contribution in [1.29, 1.82) is 0 Å². The van der Waals surface area contributed by atoms with Crippen molar-refractivity contribution < 1.29 is 9.53 Å². The molecule has 0 aromatic rings. The first-order valence-electron chi connectivity index (χ1n) is 10.1. The van der Waals surface area contributed by atoms with Crippen LogP contribution in [0.2, 0.25) is 0 Å². The van der Waals surface area contributed by atoms with Gasteiger partial charge in [0.25, 0.3) is 0 Å². The Balaban J connectivity index is 4.36. The summed E-state index contributed by atoms with van der Waals surface area (Å²) in [6.07, 6.45) is 14.2. The quantitative estimate of drug-likeness (QED) is 0.205. The maximum atomic E-state index is 11.9. The first kappa shape index (κ1) is 24.4. The van der Waals surface area contributed by atoms with Crippen LogP contribution in [0.3, 0.4) is 0 Å². The van der Waals surface area contributed by atoms with Gasteiger partial charge in [0, 0.05) is 5.57 Å². The Morgan fingerprint density at radius 1 is 0.769 bits per heavy atom. The van der Waals surface area contributed by atoms with Gasteiger partial charge in [-0.2, -0.15) is 0 Å². The minimum absolute atomic E-state index is 0.151. The predicted molar refractivity (Wildman–Crippen MR) is 114 cm³/mol. The molecule has 0 N–H and O–H groups in total. The highest BCUT2D eigenvalue weighted by Crippen LogP contribution is 2.17. The maximum Gasteiger partial charge on any atom is 0.333 e. The van der Waals surface area contributed by atoms with Crippen LogP contribution in [-0.4, -0.2) is 12.6 Å². The Morgan fingerprint density at radius 2 is 1.27 bits per heavy atom. The third-order valence-corrected chi connectivity index (χ3v) is 4.53. The number of esters is 1. The molecule has 0 aliphatic heterocycles. The first-order chi connectivity index (χ1) is 12.3. The number of carbonyl (C=O) groups excluding carboxylic acids is 1. The van der Waals surface area contributed by atoms with Gasteiger partial charge in [0.1, 0.15) is 0 Å². The van der Waals surface area contributed by atoms with Crippen LogP contribution >= 0.6 is 0 Å². The molecule has 0 unspecified atom stereocenters. The highest BCUT2D eigenvalue weighted by Gasteiger charge is 2.11. The SMILES string of the molecule is CCOC(=O)/C(CC)=C(\C)CC/C=C(\C)CC/C=C(\C)CCC=C(C)C. The zero-order chi connectivity index (χ0) is 19.9. The molecule has 2 heteroatoms. The Hall–Kier alpha value is -1.57. The molecule has 0 spiro atoms. The van der Waals surface area contributed by atoms with E-state index in [0.717, 1.165) is 56.1 Å². The molecule has 148 valence electrons. The normalized spacial score (nSPS) is 13.3. The fraction of sp³-hybridized carbons (Fsp3) is 0.625.